The van der Waals surface area contributed by atoms with Crippen LogP contribution >= 0.6 is 12.4 Å². The third-order valence-corrected chi connectivity index (χ3v) is 3.77. The molecular formula is C14H30ClNO5. The molecule has 3 unspecified atom stereocenters. The van der Waals surface area contributed by atoms with E-state index < -0.39 is 5.97 Å². The van der Waals surface area contributed by atoms with Crippen molar-refractivity contribution in [1.82, 2.24) is 0 Å². The smallest absolute Gasteiger partial charge is 0.324 e. The van der Waals surface area contributed by atoms with Gasteiger partial charge in [0.05, 0.1) is 0 Å². The maximum absolute atomic E-state index is 10.9. The van der Waals surface area contributed by atoms with E-state index in [0.29, 0.717) is 6.42 Å². The summed E-state index contributed by atoms with van der Waals surface area (Å²) >= 11 is 0. The fourth-order valence-corrected chi connectivity index (χ4v) is 2.12. The lowest BCUT2D eigenvalue weighted by molar-refractivity contribution is -0.144. The molecular weight excluding hydrogens is 298 g/mol. The SMILES string of the molecule is CC(CO)CCC(CO)CCC(CO)CCC(=O)ON.Cl. The first-order valence-corrected chi connectivity index (χ1v) is 7.29. The highest BCUT2D eigenvalue weighted by molar-refractivity contribution is 5.85. The van der Waals surface area contributed by atoms with E-state index in [0.717, 1.165) is 25.7 Å². The lowest BCUT2D eigenvalue weighted by Crippen LogP contribution is -2.16. The summed E-state index contributed by atoms with van der Waals surface area (Å²) < 4.78 is 0. The van der Waals surface area contributed by atoms with Gasteiger partial charge in [0.1, 0.15) is 0 Å². The number of hydrogen-bond acceptors (Lipinski definition) is 6. The zero-order valence-electron chi connectivity index (χ0n) is 12.7. The maximum atomic E-state index is 10.9. The summed E-state index contributed by atoms with van der Waals surface area (Å²) in [6, 6.07) is 0. The third kappa shape index (κ3) is 11.9. The van der Waals surface area contributed by atoms with E-state index >= 15 is 0 Å². The van der Waals surface area contributed by atoms with Crippen molar-refractivity contribution in [3.8, 4) is 0 Å². The number of aliphatic hydroxyl groups excluding tert-OH is 3. The molecule has 21 heavy (non-hydrogen) atoms. The Balaban J connectivity index is 0. The van der Waals surface area contributed by atoms with Crippen LogP contribution in [0.3, 0.4) is 0 Å². The first-order valence-electron chi connectivity index (χ1n) is 7.29. The average molecular weight is 328 g/mol. The fraction of sp³-hybridized carbons (Fsp3) is 0.929. The summed E-state index contributed by atoms with van der Waals surface area (Å²) in [6.07, 6.45) is 4.04. The van der Waals surface area contributed by atoms with E-state index in [1.807, 2.05) is 6.92 Å². The molecule has 0 bridgehead atoms. The molecule has 0 amide bonds. The molecule has 0 aromatic carbocycles. The number of halogens is 1. The molecule has 0 saturated heterocycles. The monoisotopic (exact) mass is 327 g/mol. The molecule has 0 heterocycles. The minimum atomic E-state index is -0.473. The molecule has 0 saturated carbocycles. The van der Waals surface area contributed by atoms with Gasteiger partial charge in [0.25, 0.3) is 0 Å². The van der Waals surface area contributed by atoms with Crippen molar-refractivity contribution < 1.29 is 25.0 Å². The third-order valence-electron chi connectivity index (χ3n) is 3.77. The van der Waals surface area contributed by atoms with Crippen molar-refractivity contribution >= 4 is 18.4 Å². The van der Waals surface area contributed by atoms with Crippen LogP contribution in [0, 0.1) is 17.8 Å². The molecule has 0 rings (SSSR count). The van der Waals surface area contributed by atoms with Crippen molar-refractivity contribution in [1.29, 1.82) is 0 Å². The molecule has 128 valence electrons. The van der Waals surface area contributed by atoms with Crippen molar-refractivity contribution in [2.75, 3.05) is 19.8 Å². The number of hydrogen-bond donors (Lipinski definition) is 4. The zero-order valence-corrected chi connectivity index (χ0v) is 13.6. The number of rotatable bonds is 12. The second-order valence-electron chi connectivity index (χ2n) is 5.57. The van der Waals surface area contributed by atoms with Crippen LogP contribution in [0.25, 0.3) is 0 Å². The van der Waals surface area contributed by atoms with Crippen molar-refractivity contribution in [2.45, 2.75) is 45.4 Å². The first-order chi connectivity index (χ1) is 9.57. The van der Waals surface area contributed by atoms with Gasteiger partial charge >= 0.3 is 5.97 Å². The van der Waals surface area contributed by atoms with Gasteiger partial charge in [-0.2, -0.15) is 5.90 Å². The Kier molecular flexibility index (Phi) is 15.8. The highest BCUT2D eigenvalue weighted by Gasteiger charge is 2.15. The van der Waals surface area contributed by atoms with E-state index in [4.69, 9.17) is 11.0 Å². The van der Waals surface area contributed by atoms with Crippen LogP contribution in [-0.4, -0.2) is 41.1 Å². The molecule has 6 nitrogen and oxygen atoms in total. The van der Waals surface area contributed by atoms with Crippen molar-refractivity contribution in [2.24, 2.45) is 23.7 Å². The van der Waals surface area contributed by atoms with E-state index in [1.54, 1.807) is 0 Å². The second kappa shape index (κ2) is 14.5. The van der Waals surface area contributed by atoms with Crippen LogP contribution in [0.2, 0.25) is 0 Å². The Morgan fingerprint density at radius 2 is 1.43 bits per heavy atom. The van der Waals surface area contributed by atoms with Crippen LogP contribution in [0.5, 0.6) is 0 Å². The summed E-state index contributed by atoms with van der Waals surface area (Å²) in [5.74, 6) is 4.74. The summed E-state index contributed by atoms with van der Waals surface area (Å²) in [5.41, 5.74) is 0. The summed E-state index contributed by atoms with van der Waals surface area (Å²) in [4.78, 5) is 15.0. The molecule has 3 atom stereocenters. The molecule has 7 heteroatoms. The highest BCUT2D eigenvalue weighted by Crippen LogP contribution is 2.21. The average Bonchev–Trinajstić information content (AvgIpc) is 2.49. The predicted molar refractivity (Wildman–Crippen MR) is 82.6 cm³/mol. The van der Waals surface area contributed by atoms with Crippen molar-refractivity contribution in [3.05, 3.63) is 0 Å². The number of carbonyl (C=O) groups is 1. The topological polar surface area (TPSA) is 113 Å². The van der Waals surface area contributed by atoms with Gasteiger partial charge in [0.15, 0.2) is 0 Å². The molecule has 0 aliphatic carbocycles. The fourth-order valence-electron chi connectivity index (χ4n) is 2.12. The molecule has 0 aromatic heterocycles. The second-order valence-corrected chi connectivity index (χ2v) is 5.57. The van der Waals surface area contributed by atoms with Crippen LogP contribution in [0.15, 0.2) is 0 Å². The largest absolute Gasteiger partial charge is 0.396 e. The Hall–Kier alpha value is -0.400. The summed E-state index contributed by atoms with van der Waals surface area (Å²) in [7, 11) is 0. The van der Waals surface area contributed by atoms with E-state index in [1.165, 1.54) is 0 Å². The maximum Gasteiger partial charge on any atom is 0.324 e. The summed E-state index contributed by atoms with van der Waals surface area (Å²) in [6.45, 7) is 2.27. The van der Waals surface area contributed by atoms with Gasteiger partial charge in [-0.05, 0) is 49.9 Å². The van der Waals surface area contributed by atoms with Gasteiger partial charge in [0, 0.05) is 26.2 Å². The molecule has 0 aliphatic rings. The minimum absolute atomic E-state index is 0. The number of nitrogens with two attached hydrogens (primary N) is 1. The Morgan fingerprint density at radius 1 is 0.952 bits per heavy atom. The van der Waals surface area contributed by atoms with E-state index in [2.05, 4.69) is 4.84 Å². The van der Waals surface area contributed by atoms with Gasteiger partial charge in [-0.15, -0.1) is 12.4 Å². The van der Waals surface area contributed by atoms with Crippen LogP contribution < -0.4 is 5.90 Å². The molecule has 0 aromatic rings. The zero-order chi connectivity index (χ0) is 15.4. The van der Waals surface area contributed by atoms with Crippen LogP contribution in [-0.2, 0) is 9.63 Å². The Labute approximate surface area is 133 Å². The van der Waals surface area contributed by atoms with Gasteiger partial charge in [-0.1, -0.05) is 6.92 Å². The van der Waals surface area contributed by atoms with Gasteiger partial charge in [-0.3, -0.25) is 4.79 Å². The highest BCUT2D eigenvalue weighted by atomic mass is 35.5. The Bertz CT molecular complexity index is 256. The number of carbonyl (C=O) groups excluding carboxylic acids is 1. The lowest BCUT2D eigenvalue weighted by atomic mass is 9.89. The molecule has 0 aliphatic heterocycles. The van der Waals surface area contributed by atoms with Crippen LogP contribution in [0.4, 0.5) is 0 Å². The Morgan fingerprint density at radius 3 is 1.86 bits per heavy atom. The molecule has 5 N–H and O–H groups in total. The van der Waals surface area contributed by atoms with Crippen molar-refractivity contribution in [3.63, 3.8) is 0 Å². The van der Waals surface area contributed by atoms with E-state index in [9.17, 15) is 15.0 Å². The molecule has 0 radical (unpaired) electrons. The molecule has 0 spiro atoms. The van der Waals surface area contributed by atoms with Gasteiger partial charge < -0.3 is 20.2 Å². The van der Waals surface area contributed by atoms with Crippen LogP contribution in [0.1, 0.15) is 45.4 Å². The van der Waals surface area contributed by atoms with Gasteiger partial charge in [0.2, 0.25) is 0 Å². The lowest BCUT2D eigenvalue weighted by Gasteiger charge is -2.19. The standard InChI is InChI=1S/C14H29NO5.ClH/c1-11(8-16)2-3-12(9-17)4-5-13(10-18)6-7-14(19)20-15;/h11-13,16-18H,2-10,15H2,1H3;1H. The van der Waals surface area contributed by atoms with Gasteiger partial charge in [-0.25, -0.2) is 0 Å². The quantitative estimate of drug-likeness (QED) is 0.398. The van der Waals surface area contributed by atoms with E-state index in [-0.39, 0.29) is 56.4 Å². The summed E-state index contributed by atoms with van der Waals surface area (Å²) in [5, 5.41) is 27.6. The number of aliphatic hydroxyl groups is 3. The minimum Gasteiger partial charge on any atom is -0.396 e. The normalized spacial score (nSPS) is 14.9. The molecule has 0 fully saturated rings. The first kappa shape index (κ1) is 22.9. The predicted octanol–water partition coefficient (Wildman–Crippen LogP) is 1.01.